The number of rotatable bonds is 2. The van der Waals surface area contributed by atoms with Crippen LogP contribution in [0.15, 0.2) is 11.6 Å². The summed E-state index contributed by atoms with van der Waals surface area (Å²) in [5.74, 6) is -1.16. The average molecular weight is 198 g/mol. The fraction of sp³-hybridized carbons (Fsp3) is 0.600. The second kappa shape index (κ2) is 3.82. The van der Waals surface area contributed by atoms with Gasteiger partial charge in [-0.1, -0.05) is 6.08 Å². The largest absolute Gasteiger partial charge is 0.478 e. The zero-order valence-corrected chi connectivity index (χ0v) is 8.37. The maximum absolute atomic E-state index is 11.4. The molecule has 0 bridgehead atoms. The van der Waals surface area contributed by atoms with Gasteiger partial charge in [0.25, 0.3) is 0 Å². The lowest BCUT2D eigenvalue weighted by Gasteiger charge is -2.28. The lowest BCUT2D eigenvalue weighted by molar-refractivity contribution is -0.152. The van der Waals surface area contributed by atoms with Crippen molar-refractivity contribution < 1.29 is 19.4 Å². The molecule has 0 radical (unpaired) electrons. The molecule has 14 heavy (non-hydrogen) atoms. The topological polar surface area (TPSA) is 63.6 Å². The molecule has 0 fully saturated rings. The summed E-state index contributed by atoms with van der Waals surface area (Å²) in [5, 5.41) is 8.72. The van der Waals surface area contributed by atoms with Gasteiger partial charge in [-0.05, 0) is 26.2 Å². The Bertz CT molecular complexity index is 292. The lowest BCUT2D eigenvalue weighted by atomic mass is 9.76. The third kappa shape index (κ3) is 1.95. The van der Waals surface area contributed by atoms with Crippen molar-refractivity contribution in [3.05, 3.63) is 11.6 Å². The van der Waals surface area contributed by atoms with E-state index in [1.54, 1.807) is 13.0 Å². The zero-order chi connectivity index (χ0) is 10.8. The summed E-state index contributed by atoms with van der Waals surface area (Å²) >= 11 is 0. The van der Waals surface area contributed by atoms with E-state index in [2.05, 4.69) is 4.74 Å². The molecule has 4 nitrogen and oxygen atoms in total. The Hall–Kier alpha value is -1.32. The Morgan fingerprint density at radius 3 is 2.57 bits per heavy atom. The molecule has 0 aromatic heterocycles. The molecule has 0 heterocycles. The standard InChI is InChI=1S/C10H14O4/c1-10(9(13)14-2)5-3-7(4-6-10)8(11)12/h3H,4-6H2,1-2H3,(H,11,12). The smallest absolute Gasteiger partial charge is 0.331 e. The molecule has 4 heteroatoms. The zero-order valence-electron chi connectivity index (χ0n) is 8.37. The van der Waals surface area contributed by atoms with E-state index in [4.69, 9.17) is 5.11 Å². The Labute approximate surface area is 82.6 Å². The highest BCUT2D eigenvalue weighted by Crippen LogP contribution is 2.35. The summed E-state index contributed by atoms with van der Waals surface area (Å²) in [6.45, 7) is 1.80. The van der Waals surface area contributed by atoms with Crippen LogP contribution in [0.2, 0.25) is 0 Å². The molecule has 78 valence electrons. The van der Waals surface area contributed by atoms with Crippen LogP contribution in [-0.4, -0.2) is 24.2 Å². The number of hydrogen-bond donors (Lipinski definition) is 1. The van der Waals surface area contributed by atoms with Crippen molar-refractivity contribution in [2.45, 2.75) is 26.2 Å². The van der Waals surface area contributed by atoms with Crippen molar-refractivity contribution in [2.24, 2.45) is 5.41 Å². The summed E-state index contributed by atoms with van der Waals surface area (Å²) in [5.41, 5.74) is -0.153. The normalized spacial score (nSPS) is 26.6. The molecular weight excluding hydrogens is 184 g/mol. The van der Waals surface area contributed by atoms with E-state index in [-0.39, 0.29) is 5.97 Å². The Morgan fingerprint density at radius 2 is 2.21 bits per heavy atom. The summed E-state index contributed by atoms with van der Waals surface area (Å²) < 4.78 is 4.67. The third-order valence-electron chi connectivity index (χ3n) is 2.70. The van der Waals surface area contributed by atoms with Gasteiger partial charge in [0.05, 0.1) is 12.5 Å². The van der Waals surface area contributed by atoms with Crippen LogP contribution in [0.25, 0.3) is 0 Å². The molecule has 1 N–H and O–H groups in total. The summed E-state index contributed by atoms with van der Waals surface area (Å²) in [6, 6.07) is 0. The van der Waals surface area contributed by atoms with Crippen LogP contribution in [0.3, 0.4) is 0 Å². The molecule has 1 rings (SSSR count). The molecule has 1 aliphatic rings. The second-order valence-corrected chi connectivity index (χ2v) is 3.79. The molecule has 0 aromatic carbocycles. The highest BCUT2D eigenvalue weighted by atomic mass is 16.5. The summed E-state index contributed by atoms with van der Waals surface area (Å²) in [6.07, 6.45) is 3.03. The van der Waals surface area contributed by atoms with Crippen molar-refractivity contribution in [3.8, 4) is 0 Å². The van der Waals surface area contributed by atoms with Crippen molar-refractivity contribution in [1.82, 2.24) is 0 Å². The van der Waals surface area contributed by atoms with Gasteiger partial charge in [0.1, 0.15) is 0 Å². The van der Waals surface area contributed by atoms with Crippen LogP contribution in [0.4, 0.5) is 0 Å². The molecule has 1 unspecified atom stereocenters. The van der Waals surface area contributed by atoms with E-state index in [1.807, 2.05) is 0 Å². The minimum Gasteiger partial charge on any atom is -0.478 e. The number of allylic oxidation sites excluding steroid dienone is 1. The fourth-order valence-electron chi connectivity index (χ4n) is 1.59. The summed E-state index contributed by atoms with van der Waals surface area (Å²) in [4.78, 5) is 22.0. The van der Waals surface area contributed by atoms with E-state index >= 15 is 0 Å². The second-order valence-electron chi connectivity index (χ2n) is 3.79. The van der Waals surface area contributed by atoms with Gasteiger partial charge in [-0.2, -0.15) is 0 Å². The van der Waals surface area contributed by atoms with E-state index in [9.17, 15) is 9.59 Å². The predicted octanol–water partition coefficient (Wildman–Crippen LogP) is 1.36. The number of carbonyl (C=O) groups is 2. The number of esters is 1. The molecule has 0 aromatic rings. The lowest BCUT2D eigenvalue weighted by Crippen LogP contribution is -2.31. The highest BCUT2D eigenvalue weighted by Gasteiger charge is 2.36. The number of methoxy groups -OCH3 is 1. The van der Waals surface area contributed by atoms with Crippen LogP contribution in [0, 0.1) is 5.41 Å². The van der Waals surface area contributed by atoms with Crippen LogP contribution in [0.1, 0.15) is 26.2 Å². The third-order valence-corrected chi connectivity index (χ3v) is 2.70. The first-order chi connectivity index (χ1) is 6.49. The van der Waals surface area contributed by atoms with Gasteiger partial charge in [-0.3, -0.25) is 4.79 Å². The number of aliphatic carboxylic acids is 1. The Balaban J connectivity index is 2.74. The maximum atomic E-state index is 11.4. The van der Waals surface area contributed by atoms with Gasteiger partial charge in [0, 0.05) is 5.57 Å². The molecule has 0 aliphatic heterocycles. The number of carbonyl (C=O) groups excluding carboxylic acids is 1. The number of carboxylic acid groups (broad SMARTS) is 1. The van der Waals surface area contributed by atoms with Gasteiger partial charge < -0.3 is 9.84 Å². The molecule has 1 aliphatic carbocycles. The monoisotopic (exact) mass is 198 g/mol. The van der Waals surface area contributed by atoms with Gasteiger partial charge in [-0.25, -0.2) is 4.79 Å². The maximum Gasteiger partial charge on any atom is 0.331 e. The van der Waals surface area contributed by atoms with Gasteiger partial charge >= 0.3 is 11.9 Å². The van der Waals surface area contributed by atoms with Gasteiger partial charge in [-0.15, -0.1) is 0 Å². The first kappa shape index (κ1) is 10.8. The number of carboxylic acids is 1. The molecule has 1 atom stereocenters. The minimum absolute atomic E-state index is 0.266. The number of hydrogen-bond acceptors (Lipinski definition) is 3. The van der Waals surface area contributed by atoms with Crippen molar-refractivity contribution in [3.63, 3.8) is 0 Å². The quantitative estimate of drug-likeness (QED) is 0.680. The first-order valence-electron chi connectivity index (χ1n) is 4.50. The predicted molar refractivity (Wildman–Crippen MR) is 49.7 cm³/mol. The molecule has 0 spiro atoms. The van der Waals surface area contributed by atoms with Crippen molar-refractivity contribution in [1.29, 1.82) is 0 Å². The van der Waals surface area contributed by atoms with E-state index in [0.717, 1.165) is 0 Å². The highest BCUT2D eigenvalue weighted by molar-refractivity contribution is 5.87. The van der Waals surface area contributed by atoms with E-state index in [1.165, 1.54) is 7.11 Å². The van der Waals surface area contributed by atoms with Crippen molar-refractivity contribution in [2.75, 3.05) is 7.11 Å². The van der Waals surface area contributed by atoms with E-state index < -0.39 is 11.4 Å². The van der Waals surface area contributed by atoms with Crippen molar-refractivity contribution >= 4 is 11.9 Å². The summed E-state index contributed by atoms with van der Waals surface area (Å²) in [7, 11) is 1.35. The minimum atomic E-state index is -0.892. The van der Waals surface area contributed by atoms with Crippen LogP contribution in [-0.2, 0) is 14.3 Å². The Morgan fingerprint density at radius 1 is 1.57 bits per heavy atom. The average Bonchev–Trinajstić information content (AvgIpc) is 2.17. The van der Waals surface area contributed by atoms with Crippen LogP contribution in [0.5, 0.6) is 0 Å². The fourth-order valence-corrected chi connectivity index (χ4v) is 1.59. The molecular formula is C10H14O4. The van der Waals surface area contributed by atoms with Gasteiger partial charge in [0.2, 0.25) is 0 Å². The SMILES string of the molecule is COC(=O)C1(C)CC=C(C(=O)O)CC1. The molecule has 0 saturated heterocycles. The van der Waals surface area contributed by atoms with Crippen LogP contribution < -0.4 is 0 Å². The van der Waals surface area contributed by atoms with Crippen LogP contribution >= 0.6 is 0 Å². The van der Waals surface area contributed by atoms with E-state index in [0.29, 0.717) is 24.8 Å². The molecule has 0 amide bonds. The Kier molecular flexibility index (Phi) is 2.93. The van der Waals surface area contributed by atoms with Gasteiger partial charge in [0.15, 0.2) is 0 Å². The molecule has 0 saturated carbocycles. The first-order valence-corrected chi connectivity index (χ1v) is 4.50. The number of ether oxygens (including phenoxy) is 1.